The summed E-state index contributed by atoms with van der Waals surface area (Å²) in [7, 11) is 1.17. The Balaban J connectivity index is 2.87. The van der Waals surface area contributed by atoms with Crippen molar-refractivity contribution in [3.05, 3.63) is 24.0 Å². The minimum absolute atomic E-state index is 0.124. The van der Waals surface area contributed by atoms with E-state index < -0.39 is 18.5 Å². The lowest BCUT2D eigenvalue weighted by molar-refractivity contribution is -0.119. The maximum atomic E-state index is 13.2. The summed E-state index contributed by atoms with van der Waals surface area (Å²) in [6.07, 6.45) is -4.36. The number of hydrogen-bond donors (Lipinski definition) is 1. The summed E-state index contributed by atoms with van der Waals surface area (Å²) in [4.78, 5) is 0.786. The van der Waals surface area contributed by atoms with Crippen molar-refractivity contribution in [2.75, 3.05) is 24.2 Å². The monoisotopic (exact) mass is 222 g/mol. The summed E-state index contributed by atoms with van der Waals surface area (Å²) in [5, 5.41) is 0. The van der Waals surface area contributed by atoms with Crippen LogP contribution in [-0.2, 0) is 0 Å². The molecular formula is C9H10F4N2. The number of nitrogens with zero attached hydrogens (tertiary/aromatic N) is 1. The molecule has 0 saturated heterocycles. The van der Waals surface area contributed by atoms with E-state index in [-0.39, 0.29) is 11.4 Å². The number of benzene rings is 1. The molecule has 0 aliphatic rings. The van der Waals surface area contributed by atoms with Gasteiger partial charge in [-0.1, -0.05) is 0 Å². The molecule has 0 aromatic heterocycles. The third-order valence-corrected chi connectivity index (χ3v) is 1.80. The zero-order valence-corrected chi connectivity index (χ0v) is 7.98. The van der Waals surface area contributed by atoms with Crippen LogP contribution in [0.15, 0.2) is 18.2 Å². The smallest absolute Gasteiger partial charge is 0.399 e. The van der Waals surface area contributed by atoms with E-state index in [9.17, 15) is 17.6 Å². The van der Waals surface area contributed by atoms with Gasteiger partial charge in [0.15, 0.2) is 0 Å². The number of nitrogen functional groups attached to an aromatic ring is 1. The molecule has 0 heterocycles. The van der Waals surface area contributed by atoms with Crippen molar-refractivity contribution in [1.82, 2.24) is 0 Å². The molecule has 2 nitrogen and oxygen atoms in total. The largest absolute Gasteiger partial charge is 0.405 e. The van der Waals surface area contributed by atoms with Crippen LogP contribution < -0.4 is 10.6 Å². The first-order valence-electron chi connectivity index (χ1n) is 4.12. The first-order valence-corrected chi connectivity index (χ1v) is 4.12. The SMILES string of the molecule is CN(CC(F)(F)F)c1ccc(N)cc1F. The molecule has 0 radical (unpaired) electrons. The number of nitrogens with two attached hydrogens (primary N) is 1. The predicted octanol–water partition coefficient (Wildman–Crippen LogP) is 2.41. The topological polar surface area (TPSA) is 29.3 Å². The summed E-state index contributed by atoms with van der Waals surface area (Å²) in [5.74, 6) is -0.762. The lowest BCUT2D eigenvalue weighted by atomic mass is 10.2. The molecule has 0 bridgehead atoms. The normalized spacial score (nSPS) is 11.5. The molecule has 84 valence electrons. The van der Waals surface area contributed by atoms with E-state index in [0.29, 0.717) is 0 Å². The summed E-state index contributed by atoms with van der Waals surface area (Å²) < 4.78 is 49.2. The van der Waals surface area contributed by atoms with Gasteiger partial charge in [-0.15, -0.1) is 0 Å². The highest BCUT2D eigenvalue weighted by atomic mass is 19.4. The van der Waals surface area contributed by atoms with Gasteiger partial charge >= 0.3 is 6.18 Å². The molecule has 15 heavy (non-hydrogen) atoms. The maximum absolute atomic E-state index is 13.2. The van der Waals surface area contributed by atoms with E-state index in [1.807, 2.05) is 0 Å². The van der Waals surface area contributed by atoms with Crippen LogP contribution in [0.4, 0.5) is 28.9 Å². The number of halogens is 4. The highest BCUT2D eigenvalue weighted by Crippen LogP contribution is 2.24. The first-order chi connectivity index (χ1) is 6.79. The van der Waals surface area contributed by atoms with Crippen molar-refractivity contribution in [3.63, 3.8) is 0 Å². The van der Waals surface area contributed by atoms with Gasteiger partial charge in [-0.25, -0.2) is 4.39 Å². The van der Waals surface area contributed by atoms with Crippen molar-refractivity contribution in [3.8, 4) is 0 Å². The maximum Gasteiger partial charge on any atom is 0.405 e. The Morgan fingerprint density at radius 3 is 2.40 bits per heavy atom. The summed E-state index contributed by atoms with van der Waals surface area (Å²) in [6, 6.07) is 3.56. The van der Waals surface area contributed by atoms with Gasteiger partial charge in [-0.3, -0.25) is 0 Å². The fraction of sp³-hybridized carbons (Fsp3) is 0.333. The molecule has 0 spiro atoms. The molecule has 0 amide bonds. The zero-order chi connectivity index (χ0) is 11.6. The average Bonchev–Trinajstić information content (AvgIpc) is 1.99. The average molecular weight is 222 g/mol. The van der Waals surface area contributed by atoms with E-state index in [4.69, 9.17) is 5.73 Å². The van der Waals surface area contributed by atoms with Crippen LogP contribution in [-0.4, -0.2) is 19.8 Å². The highest BCUT2D eigenvalue weighted by molar-refractivity contribution is 5.54. The molecule has 0 unspecified atom stereocenters. The molecule has 0 aliphatic carbocycles. The quantitative estimate of drug-likeness (QED) is 0.615. The Morgan fingerprint density at radius 2 is 1.93 bits per heavy atom. The third-order valence-electron chi connectivity index (χ3n) is 1.80. The van der Waals surface area contributed by atoms with Crippen LogP contribution in [0.1, 0.15) is 0 Å². The van der Waals surface area contributed by atoms with Crippen molar-refractivity contribution < 1.29 is 17.6 Å². The standard InChI is InChI=1S/C9H10F4N2/c1-15(5-9(11,12)13)8-3-2-6(14)4-7(8)10/h2-4H,5,14H2,1H3. The minimum Gasteiger partial charge on any atom is -0.399 e. The molecule has 2 N–H and O–H groups in total. The van der Waals surface area contributed by atoms with Crippen LogP contribution in [0.3, 0.4) is 0 Å². The minimum atomic E-state index is -4.36. The first kappa shape index (κ1) is 11.6. The second-order valence-corrected chi connectivity index (χ2v) is 3.18. The Hall–Kier alpha value is -1.46. The molecule has 1 rings (SSSR count). The predicted molar refractivity (Wildman–Crippen MR) is 50.1 cm³/mol. The molecule has 0 atom stereocenters. The summed E-state index contributed by atoms with van der Waals surface area (Å²) in [5.41, 5.74) is 5.33. The van der Waals surface area contributed by atoms with Gasteiger partial charge < -0.3 is 10.6 Å². The Labute approximate surface area is 84.3 Å². The second-order valence-electron chi connectivity index (χ2n) is 3.18. The fourth-order valence-corrected chi connectivity index (χ4v) is 1.19. The van der Waals surface area contributed by atoms with Gasteiger partial charge in [0, 0.05) is 12.7 Å². The molecule has 1 aromatic rings. The van der Waals surface area contributed by atoms with E-state index >= 15 is 0 Å². The van der Waals surface area contributed by atoms with Crippen LogP contribution >= 0.6 is 0 Å². The summed E-state index contributed by atoms with van der Waals surface area (Å²) in [6.45, 7) is -1.20. The van der Waals surface area contributed by atoms with Crippen molar-refractivity contribution in [2.45, 2.75) is 6.18 Å². The summed E-state index contributed by atoms with van der Waals surface area (Å²) >= 11 is 0. The zero-order valence-electron chi connectivity index (χ0n) is 7.98. The van der Waals surface area contributed by atoms with Crippen molar-refractivity contribution in [2.24, 2.45) is 0 Å². The second kappa shape index (κ2) is 3.96. The fourth-order valence-electron chi connectivity index (χ4n) is 1.19. The van der Waals surface area contributed by atoms with Crippen LogP contribution in [0.5, 0.6) is 0 Å². The molecular weight excluding hydrogens is 212 g/mol. The van der Waals surface area contributed by atoms with Crippen molar-refractivity contribution in [1.29, 1.82) is 0 Å². The Bertz CT molecular complexity index is 348. The molecule has 0 fully saturated rings. The molecule has 6 heteroatoms. The molecule has 1 aromatic carbocycles. The number of hydrogen-bond acceptors (Lipinski definition) is 2. The van der Waals surface area contributed by atoms with E-state index in [1.165, 1.54) is 19.2 Å². The lowest BCUT2D eigenvalue weighted by Crippen LogP contribution is -2.31. The van der Waals surface area contributed by atoms with Gasteiger partial charge in [0.2, 0.25) is 0 Å². The van der Waals surface area contributed by atoms with Gasteiger partial charge in [0.05, 0.1) is 5.69 Å². The number of alkyl halides is 3. The van der Waals surface area contributed by atoms with Gasteiger partial charge in [0.1, 0.15) is 12.4 Å². The van der Waals surface area contributed by atoms with Crippen LogP contribution in [0.25, 0.3) is 0 Å². The highest BCUT2D eigenvalue weighted by Gasteiger charge is 2.30. The van der Waals surface area contributed by atoms with E-state index in [0.717, 1.165) is 11.0 Å². The van der Waals surface area contributed by atoms with E-state index in [2.05, 4.69) is 0 Å². The van der Waals surface area contributed by atoms with Gasteiger partial charge in [0.25, 0.3) is 0 Å². The van der Waals surface area contributed by atoms with Gasteiger partial charge in [-0.2, -0.15) is 13.2 Å². The van der Waals surface area contributed by atoms with Crippen molar-refractivity contribution >= 4 is 11.4 Å². The van der Waals surface area contributed by atoms with Crippen LogP contribution in [0.2, 0.25) is 0 Å². The molecule has 0 saturated carbocycles. The Kier molecular flexibility index (Phi) is 3.06. The third kappa shape index (κ3) is 3.30. The number of anilines is 2. The van der Waals surface area contributed by atoms with Crippen LogP contribution in [0, 0.1) is 5.82 Å². The molecule has 0 aliphatic heterocycles. The van der Waals surface area contributed by atoms with E-state index in [1.54, 1.807) is 0 Å². The number of rotatable bonds is 2. The van der Waals surface area contributed by atoms with Gasteiger partial charge in [-0.05, 0) is 18.2 Å². The lowest BCUT2D eigenvalue weighted by Gasteiger charge is -2.21. The Morgan fingerprint density at radius 1 is 1.33 bits per heavy atom.